The SMILES string of the molecule is CC(=O)N[C@@H](c1nccs1)[C@H]1CCCN(C(=O)[C@@H]2CCCO2)C1. The first-order chi connectivity index (χ1) is 11.1. The van der Waals surface area contributed by atoms with Gasteiger partial charge >= 0.3 is 0 Å². The van der Waals surface area contributed by atoms with Crippen molar-refractivity contribution in [2.75, 3.05) is 19.7 Å². The van der Waals surface area contributed by atoms with Gasteiger partial charge in [0.25, 0.3) is 5.91 Å². The summed E-state index contributed by atoms with van der Waals surface area (Å²) in [7, 11) is 0. The molecule has 7 heteroatoms. The number of carbonyl (C=O) groups is 2. The third-order valence-corrected chi connectivity index (χ3v) is 5.38. The number of hydrogen-bond donors (Lipinski definition) is 1. The number of carbonyl (C=O) groups excluding carboxylic acids is 2. The number of nitrogens with one attached hydrogen (secondary N) is 1. The number of likely N-dealkylation sites (tertiary alicyclic amines) is 1. The smallest absolute Gasteiger partial charge is 0.251 e. The van der Waals surface area contributed by atoms with Crippen molar-refractivity contribution in [3.8, 4) is 0 Å². The standard InChI is InChI=1S/C16H23N3O3S/c1-11(20)18-14(15-17-6-9-23-15)12-4-2-7-19(10-12)16(21)13-5-3-8-22-13/h6,9,12-14H,2-5,7-8,10H2,1H3,(H,18,20)/t12-,13-,14+/m0/s1. The fraction of sp³-hybridized carbons (Fsp3) is 0.688. The summed E-state index contributed by atoms with van der Waals surface area (Å²) in [5.74, 6) is 0.241. The van der Waals surface area contributed by atoms with Gasteiger partial charge in [-0.3, -0.25) is 9.59 Å². The Hall–Kier alpha value is -1.47. The van der Waals surface area contributed by atoms with Crippen LogP contribution in [0.2, 0.25) is 0 Å². The minimum absolute atomic E-state index is 0.0622. The van der Waals surface area contributed by atoms with E-state index in [-0.39, 0.29) is 29.9 Å². The third-order valence-electron chi connectivity index (χ3n) is 4.52. The molecular formula is C16H23N3O3S. The lowest BCUT2D eigenvalue weighted by molar-refractivity contribution is -0.143. The fourth-order valence-electron chi connectivity index (χ4n) is 3.45. The van der Waals surface area contributed by atoms with E-state index in [4.69, 9.17) is 4.74 Å². The average Bonchev–Trinajstić information content (AvgIpc) is 3.25. The molecule has 1 aromatic rings. The van der Waals surface area contributed by atoms with Crippen LogP contribution < -0.4 is 5.32 Å². The van der Waals surface area contributed by atoms with Gasteiger partial charge in [-0.25, -0.2) is 4.98 Å². The molecule has 3 atom stereocenters. The molecule has 3 rings (SSSR count). The van der Waals surface area contributed by atoms with Gasteiger partial charge in [-0.05, 0) is 25.7 Å². The predicted octanol–water partition coefficient (Wildman–Crippen LogP) is 1.74. The molecule has 0 aromatic carbocycles. The number of thiazole rings is 1. The predicted molar refractivity (Wildman–Crippen MR) is 86.9 cm³/mol. The summed E-state index contributed by atoms with van der Waals surface area (Å²) in [4.78, 5) is 30.4. The Morgan fingerprint density at radius 2 is 2.30 bits per heavy atom. The van der Waals surface area contributed by atoms with Crippen LogP contribution in [-0.2, 0) is 14.3 Å². The average molecular weight is 337 g/mol. The largest absolute Gasteiger partial charge is 0.368 e. The second-order valence-corrected chi connectivity index (χ2v) is 7.16. The minimum Gasteiger partial charge on any atom is -0.368 e. The molecule has 0 radical (unpaired) electrons. The van der Waals surface area contributed by atoms with Gasteiger partial charge in [0.1, 0.15) is 11.1 Å². The summed E-state index contributed by atoms with van der Waals surface area (Å²) >= 11 is 1.55. The van der Waals surface area contributed by atoms with E-state index in [2.05, 4.69) is 10.3 Å². The maximum Gasteiger partial charge on any atom is 0.251 e. The number of piperidine rings is 1. The van der Waals surface area contributed by atoms with E-state index in [1.54, 1.807) is 17.5 Å². The number of rotatable bonds is 4. The molecule has 2 amide bonds. The number of aromatic nitrogens is 1. The zero-order chi connectivity index (χ0) is 16.2. The Morgan fingerprint density at radius 3 is 2.96 bits per heavy atom. The van der Waals surface area contributed by atoms with Crippen molar-refractivity contribution in [2.24, 2.45) is 5.92 Å². The summed E-state index contributed by atoms with van der Waals surface area (Å²) in [6.07, 6.45) is 5.20. The van der Waals surface area contributed by atoms with E-state index < -0.39 is 0 Å². The summed E-state index contributed by atoms with van der Waals surface area (Å²) in [5, 5.41) is 5.85. The van der Waals surface area contributed by atoms with E-state index in [1.165, 1.54) is 6.92 Å². The van der Waals surface area contributed by atoms with Gasteiger partial charge < -0.3 is 15.0 Å². The van der Waals surface area contributed by atoms with Crippen LogP contribution in [0.1, 0.15) is 43.7 Å². The van der Waals surface area contributed by atoms with Crippen molar-refractivity contribution in [3.05, 3.63) is 16.6 Å². The van der Waals surface area contributed by atoms with Gasteiger partial charge in [-0.15, -0.1) is 11.3 Å². The van der Waals surface area contributed by atoms with Crippen LogP contribution in [0.3, 0.4) is 0 Å². The topological polar surface area (TPSA) is 71.5 Å². The van der Waals surface area contributed by atoms with Crippen molar-refractivity contribution in [1.82, 2.24) is 15.2 Å². The minimum atomic E-state index is -0.271. The fourth-order valence-corrected chi connectivity index (χ4v) is 4.23. The zero-order valence-corrected chi connectivity index (χ0v) is 14.2. The molecule has 0 spiro atoms. The van der Waals surface area contributed by atoms with E-state index in [9.17, 15) is 9.59 Å². The Morgan fingerprint density at radius 1 is 1.43 bits per heavy atom. The second-order valence-electron chi connectivity index (χ2n) is 6.24. The molecular weight excluding hydrogens is 314 g/mol. The molecule has 2 aliphatic rings. The highest BCUT2D eigenvalue weighted by molar-refractivity contribution is 7.09. The number of ether oxygens (including phenoxy) is 1. The number of nitrogens with zero attached hydrogens (tertiary/aromatic N) is 2. The lowest BCUT2D eigenvalue weighted by Gasteiger charge is -2.37. The molecule has 1 aromatic heterocycles. The van der Waals surface area contributed by atoms with Crippen LogP contribution in [0.25, 0.3) is 0 Å². The Bertz CT molecular complexity index is 543. The first-order valence-corrected chi connectivity index (χ1v) is 9.10. The molecule has 126 valence electrons. The maximum atomic E-state index is 12.6. The molecule has 1 N–H and O–H groups in total. The van der Waals surface area contributed by atoms with Crippen LogP contribution in [0.5, 0.6) is 0 Å². The van der Waals surface area contributed by atoms with Crippen molar-refractivity contribution >= 4 is 23.2 Å². The summed E-state index contributed by atoms with van der Waals surface area (Å²) < 4.78 is 5.53. The van der Waals surface area contributed by atoms with Crippen LogP contribution >= 0.6 is 11.3 Å². The van der Waals surface area contributed by atoms with Crippen molar-refractivity contribution in [2.45, 2.75) is 44.8 Å². The third kappa shape index (κ3) is 3.90. The van der Waals surface area contributed by atoms with Crippen molar-refractivity contribution in [1.29, 1.82) is 0 Å². The molecule has 6 nitrogen and oxygen atoms in total. The molecule has 0 aliphatic carbocycles. The first-order valence-electron chi connectivity index (χ1n) is 8.22. The van der Waals surface area contributed by atoms with Gasteiger partial charge in [-0.1, -0.05) is 0 Å². The van der Waals surface area contributed by atoms with Crippen LogP contribution in [-0.4, -0.2) is 47.5 Å². The van der Waals surface area contributed by atoms with Gasteiger partial charge in [0.15, 0.2) is 0 Å². The van der Waals surface area contributed by atoms with E-state index in [0.29, 0.717) is 13.2 Å². The van der Waals surface area contributed by atoms with Crippen molar-refractivity contribution < 1.29 is 14.3 Å². The number of amides is 2. The first kappa shape index (κ1) is 16.4. The molecule has 0 unspecified atom stereocenters. The molecule has 23 heavy (non-hydrogen) atoms. The van der Waals surface area contributed by atoms with Gasteiger partial charge in [0.05, 0.1) is 6.04 Å². The van der Waals surface area contributed by atoms with Crippen molar-refractivity contribution in [3.63, 3.8) is 0 Å². The van der Waals surface area contributed by atoms with Crippen LogP contribution in [0, 0.1) is 5.92 Å². The van der Waals surface area contributed by atoms with E-state index >= 15 is 0 Å². The quantitative estimate of drug-likeness (QED) is 0.908. The van der Waals surface area contributed by atoms with Gasteiger partial charge in [0, 0.05) is 44.1 Å². The molecule has 2 saturated heterocycles. The summed E-state index contributed by atoms with van der Waals surface area (Å²) in [6.45, 7) is 3.64. The van der Waals surface area contributed by atoms with Gasteiger partial charge in [-0.2, -0.15) is 0 Å². The molecule has 2 aliphatic heterocycles. The molecule has 0 saturated carbocycles. The lowest BCUT2D eigenvalue weighted by Crippen LogP contribution is -2.48. The molecule has 2 fully saturated rings. The Labute approximate surface area is 140 Å². The summed E-state index contributed by atoms with van der Waals surface area (Å²) in [6, 6.07) is -0.118. The lowest BCUT2D eigenvalue weighted by atomic mass is 9.90. The Kier molecular flexibility index (Phi) is 5.27. The van der Waals surface area contributed by atoms with Gasteiger partial charge in [0.2, 0.25) is 5.91 Å². The zero-order valence-electron chi connectivity index (χ0n) is 13.4. The molecule has 3 heterocycles. The molecule has 0 bridgehead atoms. The van der Waals surface area contributed by atoms with E-state index in [0.717, 1.165) is 37.2 Å². The number of hydrogen-bond acceptors (Lipinski definition) is 5. The normalized spacial score (nSPS) is 26.0. The van der Waals surface area contributed by atoms with Crippen LogP contribution in [0.15, 0.2) is 11.6 Å². The monoisotopic (exact) mass is 337 g/mol. The van der Waals surface area contributed by atoms with Crippen LogP contribution in [0.4, 0.5) is 0 Å². The highest BCUT2D eigenvalue weighted by atomic mass is 32.1. The maximum absolute atomic E-state index is 12.6. The van der Waals surface area contributed by atoms with E-state index in [1.807, 2.05) is 10.3 Å². The second kappa shape index (κ2) is 7.40. The summed E-state index contributed by atoms with van der Waals surface area (Å²) in [5.41, 5.74) is 0. The highest BCUT2D eigenvalue weighted by Gasteiger charge is 2.35. The highest BCUT2D eigenvalue weighted by Crippen LogP contribution is 2.31. The Balaban J connectivity index is 1.70.